The summed E-state index contributed by atoms with van der Waals surface area (Å²) in [5, 5.41) is 0. The van der Waals surface area contributed by atoms with Gasteiger partial charge >= 0.3 is 5.97 Å². The molecule has 0 bridgehead atoms. The Morgan fingerprint density at radius 3 is 2.26 bits per heavy atom. The lowest BCUT2D eigenvalue weighted by Gasteiger charge is -2.28. The Balaban J connectivity index is 2.13. The minimum atomic E-state index is -0.723. The number of methoxy groups -OCH3 is 1. The van der Waals surface area contributed by atoms with Crippen molar-refractivity contribution >= 4 is 11.9 Å². The van der Waals surface area contributed by atoms with Gasteiger partial charge in [-0.2, -0.15) is 0 Å². The topological polar surface area (TPSA) is 65.1 Å². The Hall–Kier alpha value is -3.02. The van der Waals surface area contributed by atoms with Crippen LogP contribution < -0.4 is 9.47 Å². The molecular formula is C21H25NO5. The average molecular weight is 371 g/mol. The van der Waals surface area contributed by atoms with Crippen molar-refractivity contribution < 1.29 is 23.8 Å². The molecule has 27 heavy (non-hydrogen) atoms. The van der Waals surface area contributed by atoms with E-state index in [9.17, 15) is 9.59 Å². The van der Waals surface area contributed by atoms with Crippen LogP contribution in [0.15, 0.2) is 54.6 Å². The first-order valence-electron chi connectivity index (χ1n) is 8.82. The van der Waals surface area contributed by atoms with Gasteiger partial charge in [-0.3, -0.25) is 4.79 Å². The average Bonchev–Trinajstić information content (AvgIpc) is 2.70. The van der Waals surface area contributed by atoms with Gasteiger partial charge in [-0.15, -0.1) is 0 Å². The molecule has 1 unspecified atom stereocenters. The lowest BCUT2D eigenvalue weighted by Crippen LogP contribution is -2.45. The molecule has 0 saturated carbocycles. The summed E-state index contributed by atoms with van der Waals surface area (Å²) in [5.74, 6) is 0.250. The molecule has 0 aliphatic carbocycles. The predicted molar refractivity (Wildman–Crippen MR) is 102 cm³/mol. The summed E-state index contributed by atoms with van der Waals surface area (Å²) in [7, 11) is 1.54. The van der Waals surface area contributed by atoms with Gasteiger partial charge < -0.3 is 19.1 Å². The quantitative estimate of drug-likeness (QED) is 0.634. The van der Waals surface area contributed by atoms with Gasteiger partial charge in [0.2, 0.25) is 0 Å². The van der Waals surface area contributed by atoms with Crippen molar-refractivity contribution in [3.63, 3.8) is 0 Å². The maximum atomic E-state index is 12.8. The third-order valence-corrected chi connectivity index (χ3v) is 4.03. The Kier molecular flexibility index (Phi) is 7.67. The van der Waals surface area contributed by atoms with E-state index in [2.05, 4.69) is 0 Å². The summed E-state index contributed by atoms with van der Waals surface area (Å²) in [5.41, 5.74) is 0.916. The number of carbonyl (C=O) groups is 2. The standard InChI is InChI=1S/C21H25NO5/c1-4-26-21(24)16(2)22(14-17-10-6-5-7-11-17)20(23)15-27-19-13-9-8-12-18(19)25-3/h5-13,16H,4,14-15H2,1-3H3. The first-order valence-corrected chi connectivity index (χ1v) is 8.82. The molecule has 2 rings (SSSR count). The molecular weight excluding hydrogens is 346 g/mol. The fraction of sp³-hybridized carbons (Fsp3) is 0.333. The first kappa shape index (κ1) is 20.3. The highest BCUT2D eigenvalue weighted by Gasteiger charge is 2.27. The van der Waals surface area contributed by atoms with Gasteiger partial charge in [0.15, 0.2) is 18.1 Å². The van der Waals surface area contributed by atoms with E-state index in [1.165, 1.54) is 12.0 Å². The summed E-state index contributed by atoms with van der Waals surface area (Å²) in [6.45, 7) is 3.72. The second kappa shape index (κ2) is 10.2. The normalized spacial score (nSPS) is 11.4. The Labute approximate surface area is 159 Å². The molecule has 1 atom stereocenters. The van der Waals surface area contributed by atoms with Gasteiger partial charge in [0, 0.05) is 6.54 Å². The molecule has 0 spiro atoms. The second-order valence-electron chi connectivity index (χ2n) is 5.87. The fourth-order valence-corrected chi connectivity index (χ4v) is 2.57. The number of carbonyl (C=O) groups excluding carboxylic acids is 2. The molecule has 0 aromatic heterocycles. The van der Waals surface area contributed by atoms with Crippen LogP contribution in [0.4, 0.5) is 0 Å². The van der Waals surface area contributed by atoms with E-state index in [-0.39, 0.29) is 25.7 Å². The van der Waals surface area contributed by atoms with Crippen LogP contribution in [0.3, 0.4) is 0 Å². The Bertz CT molecular complexity index is 747. The molecule has 0 N–H and O–H groups in total. The number of para-hydroxylation sites is 2. The van der Waals surface area contributed by atoms with Crippen molar-refractivity contribution in [2.24, 2.45) is 0 Å². The zero-order valence-corrected chi connectivity index (χ0v) is 15.9. The Morgan fingerprint density at radius 2 is 1.63 bits per heavy atom. The molecule has 0 aliphatic heterocycles. The highest BCUT2D eigenvalue weighted by Crippen LogP contribution is 2.25. The zero-order chi connectivity index (χ0) is 19.6. The van der Waals surface area contributed by atoms with Crippen molar-refractivity contribution in [2.75, 3.05) is 20.3 Å². The molecule has 0 heterocycles. The maximum Gasteiger partial charge on any atom is 0.328 e. The van der Waals surface area contributed by atoms with Crippen LogP contribution in [0, 0.1) is 0 Å². The van der Waals surface area contributed by atoms with Gasteiger partial charge in [0.05, 0.1) is 13.7 Å². The smallest absolute Gasteiger partial charge is 0.328 e. The van der Waals surface area contributed by atoms with Crippen LogP contribution in [-0.4, -0.2) is 43.1 Å². The van der Waals surface area contributed by atoms with E-state index in [0.29, 0.717) is 11.5 Å². The number of amides is 1. The van der Waals surface area contributed by atoms with Crippen molar-refractivity contribution in [1.82, 2.24) is 4.90 Å². The molecule has 1 amide bonds. The van der Waals surface area contributed by atoms with E-state index < -0.39 is 12.0 Å². The van der Waals surface area contributed by atoms with E-state index >= 15 is 0 Å². The van der Waals surface area contributed by atoms with Gasteiger partial charge in [-0.1, -0.05) is 42.5 Å². The minimum Gasteiger partial charge on any atom is -0.493 e. The van der Waals surface area contributed by atoms with Crippen molar-refractivity contribution in [2.45, 2.75) is 26.4 Å². The molecule has 0 fully saturated rings. The SMILES string of the molecule is CCOC(=O)C(C)N(Cc1ccccc1)C(=O)COc1ccccc1OC. The van der Waals surface area contributed by atoms with Crippen LogP contribution >= 0.6 is 0 Å². The molecule has 0 saturated heterocycles. The van der Waals surface area contributed by atoms with Gasteiger partial charge in [0.1, 0.15) is 6.04 Å². The third-order valence-electron chi connectivity index (χ3n) is 4.03. The van der Waals surface area contributed by atoms with E-state index in [1.807, 2.05) is 36.4 Å². The van der Waals surface area contributed by atoms with Crippen molar-refractivity contribution in [1.29, 1.82) is 0 Å². The molecule has 6 nitrogen and oxygen atoms in total. The fourth-order valence-electron chi connectivity index (χ4n) is 2.57. The van der Waals surface area contributed by atoms with Gasteiger partial charge in [-0.25, -0.2) is 4.79 Å². The zero-order valence-electron chi connectivity index (χ0n) is 15.9. The summed E-state index contributed by atoms with van der Waals surface area (Å²) >= 11 is 0. The molecule has 6 heteroatoms. The molecule has 2 aromatic carbocycles. The summed E-state index contributed by atoms with van der Waals surface area (Å²) in [6, 6.07) is 15.8. The highest BCUT2D eigenvalue weighted by atomic mass is 16.5. The first-order chi connectivity index (χ1) is 13.1. The third kappa shape index (κ3) is 5.74. The van der Waals surface area contributed by atoms with Crippen LogP contribution in [0.2, 0.25) is 0 Å². The van der Waals surface area contributed by atoms with Crippen LogP contribution in [-0.2, 0) is 20.9 Å². The lowest BCUT2D eigenvalue weighted by atomic mass is 10.2. The number of benzene rings is 2. The number of rotatable bonds is 9. The minimum absolute atomic E-state index is 0.211. The summed E-state index contributed by atoms with van der Waals surface area (Å²) in [6.07, 6.45) is 0. The number of hydrogen-bond acceptors (Lipinski definition) is 5. The molecule has 0 aliphatic rings. The highest BCUT2D eigenvalue weighted by molar-refractivity contribution is 5.85. The number of ether oxygens (including phenoxy) is 3. The Morgan fingerprint density at radius 1 is 1.00 bits per heavy atom. The largest absolute Gasteiger partial charge is 0.493 e. The van der Waals surface area contributed by atoms with E-state index in [1.54, 1.807) is 32.0 Å². The predicted octanol–water partition coefficient (Wildman–Crippen LogP) is 3.05. The molecule has 0 radical (unpaired) electrons. The van der Waals surface area contributed by atoms with E-state index in [4.69, 9.17) is 14.2 Å². The van der Waals surface area contributed by atoms with E-state index in [0.717, 1.165) is 5.56 Å². The summed E-state index contributed by atoms with van der Waals surface area (Å²) < 4.78 is 15.9. The number of hydrogen-bond donors (Lipinski definition) is 0. The monoisotopic (exact) mass is 371 g/mol. The maximum absolute atomic E-state index is 12.8. The lowest BCUT2D eigenvalue weighted by molar-refractivity contribution is -0.155. The second-order valence-corrected chi connectivity index (χ2v) is 5.87. The number of esters is 1. The van der Waals surface area contributed by atoms with Crippen LogP contribution in [0.5, 0.6) is 11.5 Å². The van der Waals surface area contributed by atoms with Gasteiger partial charge in [0.25, 0.3) is 5.91 Å². The van der Waals surface area contributed by atoms with Gasteiger partial charge in [-0.05, 0) is 31.5 Å². The van der Waals surface area contributed by atoms with Crippen LogP contribution in [0.25, 0.3) is 0 Å². The van der Waals surface area contributed by atoms with Crippen LogP contribution in [0.1, 0.15) is 19.4 Å². The molecule has 2 aromatic rings. The number of nitrogens with zero attached hydrogens (tertiary/aromatic N) is 1. The summed E-state index contributed by atoms with van der Waals surface area (Å²) in [4.78, 5) is 26.5. The van der Waals surface area contributed by atoms with Crippen molar-refractivity contribution in [3.05, 3.63) is 60.2 Å². The van der Waals surface area contributed by atoms with Crippen molar-refractivity contribution in [3.8, 4) is 11.5 Å². The molecule has 144 valence electrons.